The molecular weight excluding hydrogens is 266 g/mol. The lowest BCUT2D eigenvalue weighted by Crippen LogP contribution is -2.24. The summed E-state index contributed by atoms with van der Waals surface area (Å²) in [6.45, 7) is 3.95. The van der Waals surface area contributed by atoms with E-state index in [4.69, 9.17) is 9.47 Å². The van der Waals surface area contributed by atoms with Gasteiger partial charge in [-0.2, -0.15) is 0 Å². The van der Waals surface area contributed by atoms with E-state index < -0.39 is 0 Å². The van der Waals surface area contributed by atoms with Crippen LogP contribution in [0.2, 0.25) is 0 Å². The molecule has 21 heavy (non-hydrogen) atoms. The van der Waals surface area contributed by atoms with E-state index in [1.807, 2.05) is 30.3 Å². The first kappa shape index (κ1) is 15.4. The molecule has 1 unspecified atom stereocenters. The first-order valence-electron chi connectivity index (χ1n) is 7.07. The Balaban J connectivity index is 2.27. The molecule has 112 valence electrons. The Hall–Kier alpha value is -1.98. The molecule has 0 aliphatic carbocycles. The van der Waals surface area contributed by atoms with Crippen LogP contribution in [0.3, 0.4) is 0 Å². The highest BCUT2D eigenvalue weighted by molar-refractivity contribution is 5.38. The van der Waals surface area contributed by atoms with E-state index in [1.54, 1.807) is 19.5 Å². The fourth-order valence-corrected chi connectivity index (χ4v) is 2.09. The van der Waals surface area contributed by atoms with E-state index in [0.29, 0.717) is 13.2 Å². The van der Waals surface area contributed by atoms with Crippen LogP contribution in [0.5, 0.6) is 5.75 Å². The SMILES string of the molecule is CCNC(c1ncccn1)c1ccccc1OCCOC. The van der Waals surface area contributed by atoms with Crippen molar-refractivity contribution in [2.24, 2.45) is 0 Å². The van der Waals surface area contributed by atoms with Crippen LogP contribution in [0.15, 0.2) is 42.7 Å². The number of hydrogen-bond donors (Lipinski definition) is 1. The van der Waals surface area contributed by atoms with Crippen LogP contribution in [0.25, 0.3) is 0 Å². The number of hydrogen-bond acceptors (Lipinski definition) is 5. The van der Waals surface area contributed by atoms with Crippen LogP contribution < -0.4 is 10.1 Å². The third-order valence-electron chi connectivity index (χ3n) is 3.03. The lowest BCUT2D eigenvalue weighted by Gasteiger charge is -2.20. The molecule has 0 radical (unpaired) electrons. The fraction of sp³-hybridized carbons (Fsp3) is 0.375. The summed E-state index contributed by atoms with van der Waals surface area (Å²) in [6.07, 6.45) is 3.50. The minimum Gasteiger partial charge on any atom is -0.491 e. The average molecular weight is 287 g/mol. The highest BCUT2D eigenvalue weighted by Gasteiger charge is 2.19. The molecule has 1 atom stereocenters. The number of benzene rings is 1. The average Bonchev–Trinajstić information content (AvgIpc) is 2.54. The Labute approximate surface area is 125 Å². The zero-order valence-electron chi connectivity index (χ0n) is 12.5. The normalized spacial score (nSPS) is 12.1. The maximum Gasteiger partial charge on any atom is 0.149 e. The highest BCUT2D eigenvalue weighted by atomic mass is 16.5. The Kier molecular flexibility index (Phi) is 6.12. The summed E-state index contributed by atoms with van der Waals surface area (Å²) in [7, 11) is 1.66. The van der Waals surface area contributed by atoms with Crippen molar-refractivity contribution in [2.45, 2.75) is 13.0 Å². The van der Waals surface area contributed by atoms with Gasteiger partial charge >= 0.3 is 0 Å². The molecular formula is C16H21N3O2. The van der Waals surface area contributed by atoms with Gasteiger partial charge in [0.2, 0.25) is 0 Å². The molecule has 2 aromatic rings. The Morgan fingerprint density at radius 1 is 1.10 bits per heavy atom. The largest absolute Gasteiger partial charge is 0.491 e. The van der Waals surface area contributed by atoms with E-state index in [9.17, 15) is 0 Å². The van der Waals surface area contributed by atoms with Crippen LogP contribution in [-0.4, -0.2) is 36.8 Å². The number of nitrogens with zero attached hydrogens (tertiary/aromatic N) is 2. The molecule has 0 saturated carbocycles. The van der Waals surface area contributed by atoms with E-state index in [1.165, 1.54) is 0 Å². The van der Waals surface area contributed by atoms with Crippen molar-refractivity contribution in [1.29, 1.82) is 0 Å². The third-order valence-corrected chi connectivity index (χ3v) is 3.03. The molecule has 0 aliphatic rings. The molecule has 0 spiro atoms. The van der Waals surface area contributed by atoms with Gasteiger partial charge in [0.1, 0.15) is 18.2 Å². The standard InChI is InChI=1S/C16H21N3O2/c1-3-17-15(16-18-9-6-10-19-16)13-7-4-5-8-14(13)21-12-11-20-2/h4-10,15,17H,3,11-12H2,1-2H3. The Bertz CT molecular complexity index is 534. The lowest BCUT2D eigenvalue weighted by atomic mass is 10.0. The number of nitrogens with one attached hydrogen (secondary N) is 1. The van der Waals surface area contributed by atoms with Gasteiger partial charge in [-0.3, -0.25) is 0 Å². The third kappa shape index (κ3) is 4.24. The topological polar surface area (TPSA) is 56.3 Å². The second-order valence-electron chi connectivity index (χ2n) is 4.48. The summed E-state index contributed by atoms with van der Waals surface area (Å²) in [5, 5.41) is 3.41. The van der Waals surface area contributed by atoms with Gasteiger partial charge in [-0.25, -0.2) is 9.97 Å². The summed E-state index contributed by atoms with van der Waals surface area (Å²) < 4.78 is 10.8. The molecule has 2 rings (SSSR count). The molecule has 1 N–H and O–H groups in total. The molecule has 0 fully saturated rings. The molecule has 5 nitrogen and oxygen atoms in total. The Morgan fingerprint density at radius 2 is 1.86 bits per heavy atom. The van der Waals surface area contributed by atoms with Crippen molar-refractivity contribution in [2.75, 3.05) is 26.9 Å². The molecule has 0 saturated heterocycles. The smallest absolute Gasteiger partial charge is 0.149 e. The number of aromatic nitrogens is 2. The monoisotopic (exact) mass is 287 g/mol. The van der Waals surface area contributed by atoms with Crippen molar-refractivity contribution in [3.63, 3.8) is 0 Å². The molecule has 0 aliphatic heterocycles. The highest BCUT2D eigenvalue weighted by Crippen LogP contribution is 2.28. The minimum absolute atomic E-state index is 0.0880. The first-order valence-corrected chi connectivity index (χ1v) is 7.07. The number of rotatable bonds is 8. The van der Waals surface area contributed by atoms with Gasteiger partial charge in [0.05, 0.1) is 12.6 Å². The van der Waals surface area contributed by atoms with Gasteiger partial charge in [-0.1, -0.05) is 25.1 Å². The Morgan fingerprint density at radius 3 is 2.57 bits per heavy atom. The summed E-state index contributed by atoms with van der Waals surface area (Å²) >= 11 is 0. The van der Waals surface area contributed by atoms with Crippen LogP contribution in [-0.2, 0) is 4.74 Å². The molecule has 0 bridgehead atoms. The van der Waals surface area contributed by atoms with Gasteiger partial charge < -0.3 is 14.8 Å². The van der Waals surface area contributed by atoms with Gasteiger partial charge in [0, 0.05) is 25.1 Å². The van der Waals surface area contributed by atoms with Crippen molar-refractivity contribution >= 4 is 0 Å². The van der Waals surface area contributed by atoms with Crippen molar-refractivity contribution < 1.29 is 9.47 Å². The first-order chi connectivity index (χ1) is 10.4. The summed E-state index contributed by atoms with van der Waals surface area (Å²) in [6, 6.07) is 9.67. The number of para-hydroxylation sites is 1. The maximum absolute atomic E-state index is 5.81. The second kappa shape index (κ2) is 8.34. The van der Waals surface area contributed by atoms with Crippen LogP contribution in [0, 0.1) is 0 Å². The summed E-state index contributed by atoms with van der Waals surface area (Å²) in [5.41, 5.74) is 1.03. The van der Waals surface area contributed by atoms with Crippen LogP contribution in [0.4, 0.5) is 0 Å². The fourth-order valence-electron chi connectivity index (χ4n) is 2.09. The van der Waals surface area contributed by atoms with Crippen molar-refractivity contribution in [1.82, 2.24) is 15.3 Å². The molecule has 5 heteroatoms. The molecule has 1 heterocycles. The number of ether oxygens (including phenoxy) is 2. The maximum atomic E-state index is 5.81. The minimum atomic E-state index is -0.0880. The number of methoxy groups -OCH3 is 1. The lowest BCUT2D eigenvalue weighted by molar-refractivity contribution is 0.145. The van der Waals surface area contributed by atoms with Crippen LogP contribution >= 0.6 is 0 Å². The van der Waals surface area contributed by atoms with E-state index in [-0.39, 0.29) is 6.04 Å². The zero-order valence-corrected chi connectivity index (χ0v) is 12.5. The van der Waals surface area contributed by atoms with E-state index in [2.05, 4.69) is 22.2 Å². The second-order valence-corrected chi connectivity index (χ2v) is 4.48. The van der Waals surface area contributed by atoms with Crippen molar-refractivity contribution in [3.8, 4) is 5.75 Å². The van der Waals surface area contributed by atoms with Crippen molar-refractivity contribution in [3.05, 3.63) is 54.1 Å². The van der Waals surface area contributed by atoms with E-state index in [0.717, 1.165) is 23.7 Å². The molecule has 1 aromatic heterocycles. The van der Waals surface area contributed by atoms with Gasteiger partial charge in [-0.05, 0) is 18.7 Å². The van der Waals surface area contributed by atoms with Crippen LogP contribution in [0.1, 0.15) is 24.4 Å². The summed E-state index contributed by atoms with van der Waals surface area (Å²) in [5.74, 6) is 1.56. The van der Waals surface area contributed by atoms with Gasteiger partial charge in [0.15, 0.2) is 0 Å². The summed E-state index contributed by atoms with van der Waals surface area (Å²) in [4.78, 5) is 8.72. The molecule has 0 amide bonds. The van der Waals surface area contributed by atoms with Gasteiger partial charge in [0.25, 0.3) is 0 Å². The predicted molar refractivity (Wildman–Crippen MR) is 81.4 cm³/mol. The zero-order chi connectivity index (χ0) is 14.9. The quantitative estimate of drug-likeness (QED) is 0.754. The predicted octanol–water partition coefficient (Wildman–Crippen LogP) is 2.20. The van der Waals surface area contributed by atoms with Gasteiger partial charge in [-0.15, -0.1) is 0 Å². The van der Waals surface area contributed by atoms with E-state index >= 15 is 0 Å². The molecule has 1 aromatic carbocycles.